The van der Waals surface area contributed by atoms with E-state index in [4.69, 9.17) is 21.4 Å². The molecule has 0 atom stereocenters. The van der Waals surface area contributed by atoms with Crippen LogP contribution in [0, 0.1) is 0 Å². The molecule has 26 heavy (non-hydrogen) atoms. The van der Waals surface area contributed by atoms with Crippen molar-refractivity contribution in [2.24, 2.45) is 0 Å². The van der Waals surface area contributed by atoms with E-state index in [1.54, 1.807) is 24.3 Å². The lowest BCUT2D eigenvalue weighted by atomic mass is 10.2. The fourth-order valence-corrected chi connectivity index (χ4v) is 4.55. The number of benzene rings is 1. The summed E-state index contributed by atoms with van der Waals surface area (Å²) in [6.45, 7) is 0. The van der Waals surface area contributed by atoms with Gasteiger partial charge in [-0.1, -0.05) is 21.4 Å². The standard InChI is InChI=1S/C18H30Cl2N2O2S2/c1-25(2,19)13-5-7-17(23)21-15-9-11-16(12-10-15)22-18(24)8-6-14-26(3,4)20/h9-12H,5-8,13-14H2,1-4H3,(H,21,23)(H,22,24). The lowest BCUT2D eigenvalue weighted by Crippen LogP contribution is -2.13. The third kappa shape index (κ3) is 11.9. The molecule has 1 aromatic rings. The van der Waals surface area contributed by atoms with Crippen LogP contribution in [0.15, 0.2) is 24.3 Å². The maximum atomic E-state index is 11.9. The number of hydrogen-bond donors (Lipinski definition) is 2. The van der Waals surface area contributed by atoms with E-state index in [2.05, 4.69) is 10.6 Å². The lowest BCUT2D eigenvalue weighted by Gasteiger charge is -2.21. The first kappa shape index (κ1) is 23.5. The molecule has 150 valence electrons. The largest absolute Gasteiger partial charge is 0.326 e. The van der Waals surface area contributed by atoms with Gasteiger partial charge in [0.1, 0.15) is 0 Å². The zero-order valence-electron chi connectivity index (χ0n) is 15.9. The molecule has 0 aliphatic heterocycles. The number of halogens is 2. The van der Waals surface area contributed by atoms with Crippen molar-refractivity contribution >= 4 is 63.0 Å². The van der Waals surface area contributed by atoms with E-state index in [0.717, 1.165) is 35.7 Å². The Labute approximate surface area is 169 Å². The Morgan fingerprint density at radius 3 is 1.35 bits per heavy atom. The topological polar surface area (TPSA) is 58.2 Å². The Balaban J connectivity index is 2.36. The number of carbonyl (C=O) groups excluding carboxylic acids is 2. The van der Waals surface area contributed by atoms with Gasteiger partial charge in [0, 0.05) is 24.2 Å². The van der Waals surface area contributed by atoms with E-state index < -0.39 is 18.5 Å². The highest BCUT2D eigenvalue weighted by atomic mass is 35.7. The molecule has 0 radical (unpaired) electrons. The van der Waals surface area contributed by atoms with Gasteiger partial charge in [-0.2, -0.15) is 18.5 Å². The number of hydrogen-bond acceptors (Lipinski definition) is 2. The van der Waals surface area contributed by atoms with Gasteiger partial charge in [0.15, 0.2) is 0 Å². The predicted molar refractivity (Wildman–Crippen MR) is 122 cm³/mol. The van der Waals surface area contributed by atoms with Crippen LogP contribution in [0.4, 0.5) is 11.4 Å². The van der Waals surface area contributed by atoms with Gasteiger partial charge in [0.05, 0.1) is 0 Å². The molecule has 0 bridgehead atoms. The Bertz CT molecular complexity index is 544. The van der Waals surface area contributed by atoms with Crippen molar-refractivity contribution in [2.75, 3.05) is 47.2 Å². The molecule has 0 unspecified atom stereocenters. The normalized spacial score (nSPS) is 13.2. The van der Waals surface area contributed by atoms with E-state index in [0.29, 0.717) is 12.8 Å². The Morgan fingerprint density at radius 1 is 0.769 bits per heavy atom. The zero-order valence-corrected chi connectivity index (χ0v) is 19.1. The minimum atomic E-state index is -1.08. The van der Waals surface area contributed by atoms with Crippen LogP contribution in [0.2, 0.25) is 0 Å². The average molecular weight is 441 g/mol. The van der Waals surface area contributed by atoms with Crippen LogP contribution in [-0.2, 0) is 9.59 Å². The number of anilines is 2. The van der Waals surface area contributed by atoms with Crippen LogP contribution < -0.4 is 10.6 Å². The molecule has 0 spiro atoms. The summed E-state index contributed by atoms with van der Waals surface area (Å²) >= 11 is 0. The summed E-state index contributed by atoms with van der Waals surface area (Å²) in [5.41, 5.74) is 1.44. The summed E-state index contributed by atoms with van der Waals surface area (Å²) in [7, 11) is 10.2. The summed E-state index contributed by atoms with van der Waals surface area (Å²) < 4.78 is 0. The second-order valence-electron chi connectivity index (χ2n) is 7.10. The van der Waals surface area contributed by atoms with Crippen LogP contribution in [-0.4, -0.2) is 48.3 Å². The Hall–Kier alpha value is -0.560. The molecule has 0 aromatic heterocycles. The first-order chi connectivity index (χ1) is 11.9. The van der Waals surface area contributed by atoms with Gasteiger partial charge in [-0.15, -0.1) is 0 Å². The fourth-order valence-electron chi connectivity index (χ4n) is 2.24. The van der Waals surface area contributed by atoms with Gasteiger partial charge in [-0.3, -0.25) is 9.59 Å². The van der Waals surface area contributed by atoms with E-state index in [1.165, 1.54) is 0 Å². The monoisotopic (exact) mass is 440 g/mol. The number of rotatable bonds is 10. The summed E-state index contributed by atoms with van der Waals surface area (Å²) in [6.07, 6.45) is 10.6. The smallest absolute Gasteiger partial charge is 0.224 e. The van der Waals surface area contributed by atoms with Crippen LogP contribution in [0.5, 0.6) is 0 Å². The van der Waals surface area contributed by atoms with Gasteiger partial charge in [-0.05, 0) is 73.6 Å². The molecule has 0 saturated carbocycles. The van der Waals surface area contributed by atoms with Crippen molar-refractivity contribution < 1.29 is 9.59 Å². The molecule has 0 saturated heterocycles. The highest BCUT2D eigenvalue weighted by Crippen LogP contribution is 2.46. The van der Waals surface area contributed by atoms with Crippen molar-refractivity contribution in [1.82, 2.24) is 0 Å². The number of nitrogens with one attached hydrogen (secondary N) is 2. The predicted octanol–water partition coefficient (Wildman–Crippen LogP) is 5.56. The zero-order chi connectivity index (χ0) is 19.8. The van der Waals surface area contributed by atoms with Crippen LogP contribution in [0.25, 0.3) is 0 Å². The molecular formula is C18H30Cl2N2O2S2. The minimum Gasteiger partial charge on any atom is -0.326 e. The van der Waals surface area contributed by atoms with E-state index in [-0.39, 0.29) is 11.8 Å². The summed E-state index contributed by atoms with van der Waals surface area (Å²) in [5, 5.41) is 5.72. The van der Waals surface area contributed by atoms with Gasteiger partial charge in [0.25, 0.3) is 0 Å². The van der Waals surface area contributed by atoms with Crippen molar-refractivity contribution in [3.05, 3.63) is 24.3 Å². The van der Waals surface area contributed by atoms with Crippen molar-refractivity contribution in [1.29, 1.82) is 0 Å². The molecule has 0 aliphatic carbocycles. The van der Waals surface area contributed by atoms with E-state index >= 15 is 0 Å². The molecule has 4 nitrogen and oxygen atoms in total. The van der Waals surface area contributed by atoms with Gasteiger partial charge >= 0.3 is 0 Å². The summed E-state index contributed by atoms with van der Waals surface area (Å²) in [6, 6.07) is 7.15. The molecule has 2 amide bonds. The first-order valence-electron chi connectivity index (χ1n) is 8.46. The summed E-state index contributed by atoms with van der Waals surface area (Å²) in [5.74, 6) is 1.70. The van der Waals surface area contributed by atoms with Crippen LogP contribution in [0.1, 0.15) is 25.7 Å². The SMILES string of the molecule is CS(C)(Cl)CCCC(=O)Nc1ccc(NC(=O)CCCS(C)(C)Cl)cc1. The van der Waals surface area contributed by atoms with Crippen molar-refractivity contribution in [3.8, 4) is 0 Å². The quantitative estimate of drug-likeness (QED) is 0.499. The third-order valence-electron chi connectivity index (χ3n) is 3.52. The molecule has 2 N–H and O–H groups in total. The van der Waals surface area contributed by atoms with Gasteiger partial charge in [-0.25, -0.2) is 0 Å². The molecule has 1 aromatic carbocycles. The van der Waals surface area contributed by atoms with Crippen LogP contribution >= 0.6 is 39.8 Å². The summed E-state index contributed by atoms with van der Waals surface area (Å²) in [4.78, 5) is 23.9. The third-order valence-corrected chi connectivity index (χ3v) is 6.96. The average Bonchev–Trinajstić information content (AvgIpc) is 2.46. The highest BCUT2D eigenvalue weighted by Gasteiger charge is 2.10. The van der Waals surface area contributed by atoms with E-state index in [9.17, 15) is 9.59 Å². The molecule has 0 heterocycles. The van der Waals surface area contributed by atoms with Crippen molar-refractivity contribution in [2.45, 2.75) is 25.7 Å². The molecular weight excluding hydrogens is 411 g/mol. The second-order valence-corrected chi connectivity index (χ2v) is 18.5. The van der Waals surface area contributed by atoms with Crippen molar-refractivity contribution in [3.63, 3.8) is 0 Å². The lowest BCUT2D eigenvalue weighted by molar-refractivity contribution is -0.117. The highest BCUT2D eigenvalue weighted by molar-refractivity contribution is 8.50. The van der Waals surface area contributed by atoms with Crippen LogP contribution in [0.3, 0.4) is 0 Å². The Kier molecular flexibility index (Phi) is 9.65. The number of carbonyl (C=O) groups is 2. The molecule has 0 fully saturated rings. The molecule has 1 rings (SSSR count). The van der Waals surface area contributed by atoms with E-state index in [1.807, 2.05) is 25.0 Å². The maximum Gasteiger partial charge on any atom is 0.224 e. The molecule has 0 aliphatic rings. The van der Waals surface area contributed by atoms with Gasteiger partial charge in [0.2, 0.25) is 11.8 Å². The minimum absolute atomic E-state index is 0.0201. The van der Waals surface area contributed by atoms with Gasteiger partial charge < -0.3 is 10.6 Å². The number of amides is 2. The Morgan fingerprint density at radius 2 is 1.08 bits per heavy atom. The first-order valence-corrected chi connectivity index (χ1v) is 15.3. The fraction of sp³-hybridized carbons (Fsp3) is 0.556. The molecule has 8 heteroatoms. The second kappa shape index (κ2) is 10.7. The maximum absolute atomic E-state index is 11.9.